The number of ether oxygens (including phenoxy) is 1. The first-order chi connectivity index (χ1) is 6.87. The van der Waals surface area contributed by atoms with Crippen molar-refractivity contribution in [2.24, 2.45) is 0 Å². The number of carboxylic acids is 1. The molecule has 5 heteroatoms. The van der Waals surface area contributed by atoms with Crippen molar-refractivity contribution in [3.8, 4) is 0 Å². The van der Waals surface area contributed by atoms with E-state index in [1.54, 1.807) is 0 Å². The number of carboxylic acid groups (broad SMARTS) is 1. The Balaban J connectivity index is 2.70. The van der Waals surface area contributed by atoms with E-state index in [4.69, 9.17) is 9.84 Å². The first-order valence-corrected chi connectivity index (χ1v) is 5.00. The molecule has 15 heavy (non-hydrogen) atoms. The molecule has 0 aromatic heterocycles. The lowest BCUT2D eigenvalue weighted by Crippen LogP contribution is -2.53. The minimum absolute atomic E-state index is 0.250. The number of amides is 1. The molecule has 0 aromatic carbocycles. The minimum atomic E-state index is -1.19. The van der Waals surface area contributed by atoms with Crippen LogP contribution in [0.15, 0.2) is 0 Å². The Labute approximate surface area is 89.0 Å². The molecule has 1 aliphatic rings. The smallest absolute Gasteiger partial charge is 0.329 e. The lowest BCUT2D eigenvalue weighted by Gasteiger charge is -2.33. The van der Waals surface area contributed by atoms with Crippen molar-refractivity contribution in [3.05, 3.63) is 0 Å². The summed E-state index contributed by atoms with van der Waals surface area (Å²) in [4.78, 5) is 24.0. The largest absolute Gasteiger partial charge is 0.480 e. The molecule has 1 N–H and O–H groups in total. The summed E-state index contributed by atoms with van der Waals surface area (Å²) in [6, 6.07) is 0. The first-order valence-electron chi connectivity index (χ1n) is 5.00. The van der Waals surface area contributed by atoms with E-state index < -0.39 is 17.6 Å². The van der Waals surface area contributed by atoms with Gasteiger partial charge in [-0.2, -0.15) is 0 Å². The molecule has 5 nitrogen and oxygen atoms in total. The predicted octanol–water partition coefficient (Wildman–Crippen LogP) is 0.487. The number of rotatable bonds is 3. The first kappa shape index (κ1) is 12.0. The highest BCUT2D eigenvalue weighted by molar-refractivity contribution is 5.88. The summed E-state index contributed by atoms with van der Waals surface area (Å²) in [6.07, 6.45) is 1.07. The second kappa shape index (κ2) is 4.18. The van der Waals surface area contributed by atoms with Gasteiger partial charge in [0.05, 0.1) is 0 Å². The van der Waals surface area contributed by atoms with E-state index in [-0.39, 0.29) is 5.91 Å². The Morgan fingerprint density at radius 2 is 2.07 bits per heavy atom. The number of likely N-dealkylation sites (N-methyl/N-ethyl adjacent to an activating group) is 1. The zero-order valence-corrected chi connectivity index (χ0v) is 9.32. The maximum absolute atomic E-state index is 11.8. The van der Waals surface area contributed by atoms with Crippen LogP contribution < -0.4 is 0 Å². The minimum Gasteiger partial charge on any atom is -0.480 e. The molecule has 1 fully saturated rings. The average molecular weight is 215 g/mol. The third kappa shape index (κ3) is 2.28. The van der Waals surface area contributed by atoms with Crippen molar-refractivity contribution in [3.63, 3.8) is 0 Å². The number of hydrogen-bond donors (Lipinski definition) is 1. The van der Waals surface area contributed by atoms with Crippen molar-refractivity contribution >= 4 is 11.9 Å². The fraction of sp³-hybridized carbons (Fsp3) is 0.800. The second-order valence-electron chi connectivity index (χ2n) is 4.26. The highest BCUT2D eigenvalue weighted by atomic mass is 16.5. The van der Waals surface area contributed by atoms with E-state index in [2.05, 4.69) is 0 Å². The van der Waals surface area contributed by atoms with Crippen LogP contribution in [0, 0.1) is 0 Å². The van der Waals surface area contributed by atoms with E-state index in [9.17, 15) is 9.59 Å². The summed E-state index contributed by atoms with van der Waals surface area (Å²) in [6.45, 7) is 3.59. The Morgan fingerprint density at radius 3 is 2.47 bits per heavy atom. The van der Waals surface area contributed by atoms with E-state index in [0.717, 1.165) is 6.42 Å². The van der Waals surface area contributed by atoms with Crippen LogP contribution in [0.5, 0.6) is 0 Å². The molecule has 0 spiro atoms. The summed E-state index contributed by atoms with van der Waals surface area (Å²) < 4.78 is 5.23. The fourth-order valence-electron chi connectivity index (χ4n) is 1.41. The number of hydrogen-bond acceptors (Lipinski definition) is 3. The van der Waals surface area contributed by atoms with Gasteiger partial charge in [-0.1, -0.05) is 0 Å². The molecule has 0 aliphatic carbocycles. The lowest BCUT2D eigenvalue weighted by molar-refractivity contribution is -0.159. The topological polar surface area (TPSA) is 66.8 Å². The van der Waals surface area contributed by atoms with Gasteiger partial charge in [-0.3, -0.25) is 4.79 Å². The zero-order chi connectivity index (χ0) is 11.6. The van der Waals surface area contributed by atoms with Gasteiger partial charge in [-0.25, -0.2) is 4.79 Å². The SMILES string of the molecule is CN(C(=O)[C@@H]1CCCO1)C(C)(C)C(=O)O. The van der Waals surface area contributed by atoms with Crippen molar-refractivity contribution in [1.82, 2.24) is 4.90 Å². The van der Waals surface area contributed by atoms with Crippen LogP contribution in [0.25, 0.3) is 0 Å². The van der Waals surface area contributed by atoms with Gasteiger partial charge < -0.3 is 14.7 Å². The molecule has 1 rings (SSSR count). The molecule has 86 valence electrons. The van der Waals surface area contributed by atoms with Gasteiger partial charge >= 0.3 is 5.97 Å². The number of aliphatic carboxylic acids is 1. The molecule has 1 heterocycles. The van der Waals surface area contributed by atoms with Crippen LogP contribution >= 0.6 is 0 Å². The number of nitrogens with zero attached hydrogens (tertiary/aromatic N) is 1. The zero-order valence-electron chi connectivity index (χ0n) is 9.32. The third-order valence-corrected chi connectivity index (χ3v) is 2.90. The molecule has 1 aliphatic heterocycles. The number of carbonyl (C=O) groups is 2. The second-order valence-corrected chi connectivity index (χ2v) is 4.26. The highest BCUT2D eigenvalue weighted by Gasteiger charge is 2.38. The molecule has 1 amide bonds. The normalized spacial score (nSPS) is 21.4. The van der Waals surface area contributed by atoms with Crippen molar-refractivity contribution in [2.75, 3.05) is 13.7 Å². The quantitative estimate of drug-likeness (QED) is 0.744. The Morgan fingerprint density at radius 1 is 1.47 bits per heavy atom. The van der Waals surface area contributed by atoms with Crippen molar-refractivity contribution in [1.29, 1.82) is 0 Å². The molecule has 1 saturated heterocycles. The van der Waals surface area contributed by atoms with Crippen molar-refractivity contribution in [2.45, 2.75) is 38.3 Å². The van der Waals surface area contributed by atoms with Crippen molar-refractivity contribution < 1.29 is 19.4 Å². The molecule has 0 saturated carbocycles. The summed E-state index contributed by atoms with van der Waals surface area (Å²) in [7, 11) is 1.50. The summed E-state index contributed by atoms with van der Waals surface area (Å²) >= 11 is 0. The van der Waals surface area contributed by atoms with E-state index in [1.807, 2.05) is 0 Å². The molecular formula is C10H17NO4. The standard InChI is InChI=1S/C10H17NO4/c1-10(2,9(13)14)11(3)8(12)7-5-4-6-15-7/h7H,4-6H2,1-3H3,(H,13,14)/t7-/m0/s1. The van der Waals surface area contributed by atoms with Crippen LogP contribution in [-0.4, -0.2) is 47.2 Å². The number of carbonyl (C=O) groups excluding carboxylic acids is 1. The van der Waals surface area contributed by atoms with Gasteiger partial charge in [0, 0.05) is 13.7 Å². The Kier molecular flexibility index (Phi) is 3.34. The van der Waals surface area contributed by atoms with Gasteiger partial charge in [0.1, 0.15) is 11.6 Å². The molecule has 0 radical (unpaired) electrons. The van der Waals surface area contributed by atoms with Crippen LogP contribution in [0.3, 0.4) is 0 Å². The molecule has 0 bridgehead atoms. The maximum Gasteiger partial charge on any atom is 0.329 e. The Bertz CT molecular complexity index is 269. The lowest BCUT2D eigenvalue weighted by atomic mass is 10.0. The van der Waals surface area contributed by atoms with Crippen LogP contribution in [0.2, 0.25) is 0 Å². The highest BCUT2D eigenvalue weighted by Crippen LogP contribution is 2.19. The molecule has 1 atom stereocenters. The fourth-order valence-corrected chi connectivity index (χ4v) is 1.41. The molecular weight excluding hydrogens is 198 g/mol. The van der Waals surface area contributed by atoms with Crippen LogP contribution in [0.1, 0.15) is 26.7 Å². The van der Waals surface area contributed by atoms with E-state index >= 15 is 0 Å². The average Bonchev–Trinajstić information content (AvgIpc) is 2.67. The monoisotopic (exact) mass is 215 g/mol. The van der Waals surface area contributed by atoms with Gasteiger partial charge in [-0.05, 0) is 26.7 Å². The van der Waals surface area contributed by atoms with E-state index in [1.165, 1.54) is 25.8 Å². The Hall–Kier alpha value is -1.10. The molecule has 0 aromatic rings. The molecule has 0 unspecified atom stereocenters. The predicted molar refractivity (Wildman–Crippen MR) is 53.5 cm³/mol. The van der Waals surface area contributed by atoms with Gasteiger partial charge in [-0.15, -0.1) is 0 Å². The summed E-state index contributed by atoms with van der Waals surface area (Å²) in [5.41, 5.74) is -1.19. The summed E-state index contributed by atoms with van der Waals surface area (Å²) in [5, 5.41) is 8.97. The third-order valence-electron chi connectivity index (χ3n) is 2.90. The van der Waals surface area contributed by atoms with Gasteiger partial charge in [0.15, 0.2) is 0 Å². The van der Waals surface area contributed by atoms with Gasteiger partial charge in [0.25, 0.3) is 5.91 Å². The van der Waals surface area contributed by atoms with E-state index in [0.29, 0.717) is 13.0 Å². The summed E-state index contributed by atoms with van der Waals surface area (Å²) in [5.74, 6) is -1.27. The van der Waals surface area contributed by atoms with Crippen LogP contribution in [0.4, 0.5) is 0 Å². The van der Waals surface area contributed by atoms with Crippen LogP contribution in [-0.2, 0) is 14.3 Å². The van der Waals surface area contributed by atoms with Gasteiger partial charge in [0.2, 0.25) is 0 Å². The maximum atomic E-state index is 11.8.